The molecule has 0 bridgehead atoms. The molecule has 18 heavy (non-hydrogen) atoms. The molecule has 2 N–H and O–H groups in total. The van der Waals surface area contributed by atoms with Crippen LogP contribution in [0, 0.1) is 13.8 Å². The van der Waals surface area contributed by atoms with E-state index in [-0.39, 0.29) is 12.4 Å². The molecule has 7 heteroatoms. The van der Waals surface area contributed by atoms with Crippen LogP contribution in [-0.4, -0.2) is 28.1 Å². The highest BCUT2D eigenvalue weighted by atomic mass is 35.5. The molecule has 0 atom stereocenters. The average Bonchev–Trinajstić information content (AvgIpc) is 2.58. The summed E-state index contributed by atoms with van der Waals surface area (Å²) in [5.74, 6) is 0. The summed E-state index contributed by atoms with van der Waals surface area (Å²) in [4.78, 5) is 1.02. The zero-order valence-electron chi connectivity index (χ0n) is 10.9. The predicted molar refractivity (Wildman–Crippen MR) is 79.4 cm³/mol. The van der Waals surface area contributed by atoms with Crippen LogP contribution < -0.4 is 10.0 Å². The predicted octanol–water partition coefficient (Wildman–Crippen LogP) is 2.06. The van der Waals surface area contributed by atoms with Gasteiger partial charge in [0.25, 0.3) is 0 Å². The third-order valence-corrected chi connectivity index (χ3v) is 5.51. The molecular weight excluding hydrogens is 292 g/mol. The Morgan fingerprint density at radius 1 is 1.22 bits per heavy atom. The fourth-order valence-electron chi connectivity index (χ4n) is 1.53. The molecule has 1 rings (SSSR count). The van der Waals surface area contributed by atoms with E-state index in [2.05, 4.69) is 17.0 Å². The van der Waals surface area contributed by atoms with Crippen LogP contribution in [0.15, 0.2) is 10.3 Å². The van der Waals surface area contributed by atoms with Crippen molar-refractivity contribution in [3.05, 3.63) is 16.5 Å². The zero-order valence-corrected chi connectivity index (χ0v) is 13.4. The Morgan fingerprint density at radius 2 is 1.89 bits per heavy atom. The number of hydrogen-bond donors (Lipinski definition) is 2. The van der Waals surface area contributed by atoms with E-state index in [4.69, 9.17) is 0 Å². The molecule has 1 aromatic heterocycles. The third-order valence-electron chi connectivity index (χ3n) is 2.26. The minimum absolute atomic E-state index is 0. The molecule has 0 saturated carbocycles. The SMILES string of the molecule is CCCNCCNS(=O)(=O)c1sc(C)cc1C.Cl. The van der Waals surface area contributed by atoms with Gasteiger partial charge < -0.3 is 5.32 Å². The first-order valence-electron chi connectivity index (χ1n) is 5.74. The topological polar surface area (TPSA) is 58.2 Å². The maximum atomic E-state index is 12.0. The summed E-state index contributed by atoms with van der Waals surface area (Å²) < 4.78 is 27.0. The van der Waals surface area contributed by atoms with Gasteiger partial charge in [-0.2, -0.15) is 0 Å². The number of sulfonamides is 1. The smallest absolute Gasteiger partial charge is 0.250 e. The molecule has 0 amide bonds. The van der Waals surface area contributed by atoms with Crippen molar-refractivity contribution in [3.8, 4) is 0 Å². The van der Waals surface area contributed by atoms with Gasteiger partial charge in [0, 0.05) is 18.0 Å². The summed E-state index contributed by atoms with van der Waals surface area (Å²) in [6.07, 6.45) is 1.05. The maximum Gasteiger partial charge on any atom is 0.250 e. The third kappa shape index (κ3) is 5.24. The summed E-state index contributed by atoms with van der Waals surface area (Å²) in [6.45, 7) is 7.83. The van der Waals surface area contributed by atoms with E-state index in [0.29, 0.717) is 17.3 Å². The molecule has 0 fully saturated rings. The number of aryl methyl sites for hydroxylation is 2. The van der Waals surface area contributed by atoms with Gasteiger partial charge in [-0.15, -0.1) is 23.7 Å². The Morgan fingerprint density at radius 3 is 2.39 bits per heavy atom. The van der Waals surface area contributed by atoms with Crippen LogP contribution in [0.25, 0.3) is 0 Å². The molecule has 0 spiro atoms. The van der Waals surface area contributed by atoms with Gasteiger partial charge in [0.1, 0.15) is 4.21 Å². The minimum Gasteiger partial charge on any atom is -0.315 e. The second-order valence-electron chi connectivity index (χ2n) is 3.98. The lowest BCUT2D eigenvalue weighted by atomic mass is 10.4. The van der Waals surface area contributed by atoms with E-state index < -0.39 is 10.0 Å². The Balaban J connectivity index is 0.00000289. The quantitative estimate of drug-likeness (QED) is 0.758. The van der Waals surface area contributed by atoms with Gasteiger partial charge in [0.05, 0.1) is 0 Å². The van der Waals surface area contributed by atoms with Crippen molar-refractivity contribution in [2.45, 2.75) is 31.4 Å². The summed E-state index contributed by atoms with van der Waals surface area (Å²) in [6, 6.07) is 1.90. The van der Waals surface area contributed by atoms with Gasteiger partial charge in [0.15, 0.2) is 0 Å². The molecule has 4 nitrogen and oxygen atoms in total. The minimum atomic E-state index is -3.33. The Bertz CT molecular complexity index is 458. The summed E-state index contributed by atoms with van der Waals surface area (Å²) in [7, 11) is -3.33. The van der Waals surface area contributed by atoms with Crippen molar-refractivity contribution in [2.24, 2.45) is 0 Å². The van der Waals surface area contributed by atoms with Crippen molar-refractivity contribution in [1.82, 2.24) is 10.0 Å². The molecule has 0 aromatic carbocycles. The zero-order chi connectivity index (χ0) is 12.9. The molecular formula is C11H21ClN2O2S2. The van der Waals surface area contributed by atoms with Crippen molar-refractivity contribution in [1.29, 1.82) is 0 Å². The fraction of sp³-hybridized carbons (Fsp3) is 0.636. The molecule has 106 valence electrons. The largest absolute Gasteiger partial charge is 0.315 e. The molecule has 0 saturated heterocycles. The standard InChI is InChI=1S/C11H20N2O2S2.ClH/c1-4-5-12-6-7-13-17(14,15)11-9(2)8-10(3)16-11;/h8,12-13H,4-7H2,1-3H3;1H. The first kappa shape index (κ1) is 17.9. The highest BCUT2D eigenvalue weighted by Gasteiger charge is 2.18. The van der Waals surface area contributed by atoms with Gasteiger partial charge in [-0.25, -0.2) is 13.1 Å². The van der Waals surface area contributed by atoms with Crippen LogP contribution >= 0.6 is 23.7 Å². The van der Waals surface area contributed by atoms with Gasteiger partial charge in [-0.1, -0.05) is 6.92 Å². The monoisotopic (exact) mass is 312 g/mol. The second-order valence-corrected chi connectivity index (χ2v) is 7.19. The number of hydrogen-bond acceptors (Lipinski definition) is 4. The second kappa shape index (κ2) is 8.12. The number of nitrogens with one attached hydrogen (secondary N) is 2. The van der Waals surface area contributed by atoms with Crippen molar-refractivity contribution < 1.29 is 8.42 Å². The highest BCUT2D eigenvalue weighted by molar-refractivity contribution is 7.91. The van der Waals surface area contributed by atoms with Gasteiger partial charge in [-0.3, -0.25) is 0 Å². The Hall–Kier alpha value is -0.140. The summed E-state index contributed by atoms with van der Waals surface area (Å²) >= 11 is 1.32. The molecule has 0 aliphatic rings. The molecule has 0 radical (unpaired) electrons. The number of rotatable bonds is 7. The highest BCUT2D eigenvalue weighted by Crippen LogP contribution is 2.25. The average molecular weight is 313 g/mol. The van der Waals surface area contributed by atoms with Crippen LogP contribution in [0.3, 0.4) is 0 Å². The van der Waals surface area contributed by atoms with Crippen LogP contribution in [-0.2, 0) is 10.0 Å². The molecule has 0 aliphatic carbocycles. The van der Waals surface area contributed by atoms with Crippen molar-refractivity contribution >= 4 is 33.8 Å². The van der Waals surface area contributed by atoms with Gasteiger partial charge in [-0.05, 0) is 38.4 Å². The van der Waals surface area contributed by atoms with Gasteiger partial charge in [0.2, 0.25) is 10.0 Å². The van der Waals surface area contributed by atoms with Crippen molar-refractivity contribution in [3.63, 3.8) is 0 Å². The van der Waals surface area contributed by atoms with Crippen LogP contribution in [0.1, 0.15) is 23.8 Å². The summed E-state index contributed by atoms with van der Waals surface area (Å²) in [5, 5.41) is 3.16. The molecule has 0 aliphatic heterocycles. The van der Waals surface area contributed by atoms with Gasteiger partial charge >= 0.3 is 0 Å². The first-order valence-corrected chi connectivity index (χ1v) is 8.04. The fourth-order valence-corrected chi connectivity index (χ4v) is 4.27. The molecule has 0 unspecified atom stereocenters. The van der Waals surface area contributed by atoms with Crippen LogP contribution in [0.5, 0.6) is 0 Å². The van der Waals surface area contributed by atoms with E-state index in [9.17, 15) is 8.42 Å². The van der Waals surface area contributed by atoms with Crippen LogP contribution in [0.2, 0.25) is 0 Å². The lowest BCUT2D eigenvalue weighted by Crippen LogP contribution is -2.32. The maximum absolute atomic E-state index is 12.0. The van der Waals surface area contributed by atoms with Crippen molar-refractivity contribution in [2.75, 3.05) is 19.6 Å². The first-order chi connectivity index (χ1) is 7.97. The van der Waals surface area contributed by atoms with E-state index in [0.717, 1.165) is 23.4 Å². The lowest BCUT2D eigenvalue weighted by Gasteiger charge is -2.06. The van der Waals surface area contributed by atoms with E-state index >= 15 is 0 Å². The summed E-state index contributed by atoms with van der Waals surface area (Å²) in [5.41, 5.74) is 0.821. The molecule has 1 heterocycles. The normalized spacial score (nSPS) is 11.3. The Labute approximate surface area is 120 Å². The van der Waals surface area contributed by atoms with Crippen LogP contribution in [0.4, 0.5) is 0 Å². The van der Waals surface area contributed by atoms with E-state index in [1.54, 1.807) is 0 Å². The molecule has 1 aromatic rings. The Kier molecular flexibility index (Phi) is 8.05. The number of thiophene rings is 1. The lowest BCUT2D eigenvalue weighted by molar-refractivity contribution is 0.577. The number of halogens is 1. The van der Waals surface area contributed by atoms with E-state index in [1.165, 1.54) is 11.3 Å². The van der Waals surface area contributed by atoms with E-state index in [1.807, 2.05) is 19.9 Å².